The fourth-order valence-electron chi connectivity index (χ4n) is 6.58. The average Bonchev–Trinajstić information content (AvgIpc) is 3.09. The quantitative estimate of drug-likeness (QED) is 0.132. The number of carbonyl (C=O) groups is 2. The highest BCUT2D eigenvalue weighted by Gasteiger charge is 2.51. The van der Waals surface area contributed by atoms with Crippen LogP contribution < -0.4 is 15.7 Å². The minimum absolute atomic E-state index is 0.114. The summed E-state index contributed by atoms with van der Waals surface area (Å²) in [5, 5.41) is 4.98. The van der Waals surface area contributed by atoms with Crippen molar-refractivity contribution in [1.82, 2.24) is 5.32 Å². The Morgan fingerprint density at radius 1 is 0.837 bits per heavy atom. The molecule has 4 aromatic rings. The van der Waals surface area contributed by atoms with Crippen LogP contribution in [0.5, 0.6) is 0 Å². The van der Waals surface area contributed by atoms with Gasteiger partial charge in [-0.2, -0.15) is 0 Å². The molecule has 9 heteroatoms. The van der Waals surface area contributed by atoms with E-state index in [0.717, 1.165) is 11.1 Å². The van der Waals surface area contributed by atoms with Gasteiger partial charge in [0, 0.05) is 13.3 Å². The van der Waals surface area contributed by atoms with E-state index in [1.807, 2.05) is 79.7 Å². The van der Waals surface area contributed by atoms with Crippen molar-refractivity contribution in [2.45, 2.75) is 83.3 Å². The lowest BCUT2D eigenvalue weighted by atomic mass is 9.99. The molecule has 258 valence electrons. The highest BCUT2D eigenvalue weighted by atomic mass is 28.4. The summed E-state index contributed by atoms with van der Waals surface area (Å²) in [5.74, 6) is -0.461. The lowest BCUT2D eigenvalue weighted by Gasteiger charge is -2.44. The van der Waals surface area contributed by atoms with E-state index in [1.165, 1.54) is 17.3 Å². The summed E-state index contributed by atoms with van der Waals surface area (Å²) in [4.78, 5) is 25.1. The Hall–Kier alpha value is -4.28. The molecule has 1 fully saturated rings. The Morgan fingerprint density at radius 2 is 1.37 bits per heavy atom. The second-order valence-corrected chi connectivity index (χ2v) is 17.7. The van der Waals surface area contributed by atoms with Gasteiger partial charge in [-0.05, 0) is 33.5 Å². The van der Waals surface area contributed by atoms with E-state index < -0.39 is 51.0 Å². The van der Waals surface area contributed by atoms with Gasteiger partial charge < -0.3 is 28.7 Å². The largest absolute Gasteiger partial charge is 0.460 e. The van der Waals surface area contributed by atoms with Crippen LogP contribution in [0.1, 0.15) is 58.3 Å². The molecule has 49 heavy (non-hydrogen) atoms. The van der Waals surface area contributed by atoms with Crippen LogP contribution >= 0.6 is 0 Å². The van der Waals surface area contributed by atoms with Crippen molar-refractivity contribution in [2.75, 3.05) is 6.61 Å². The number of amides is 1. The lowest BCUT2D eigenvalue weighted by molar-refractivity contribution is -0.245. The van der Waals surface area contributed by atoms with Crippen LogP contribution in [-0.2, 0) is 34.8 Å². The predicted molar refractivity (Wildman–Crippen MR) is 192 cm³/mol. The van der Waals surface area contributed by atoms with Crippen LogP contribution in [-0.4, -0.2) is 51.5 Å². The summed E-state index contributed by atoms with van der Waals surface area (Å²) in [6.45, 7) is 10.3. The van der Waals surface area contributed by atoms with E-state index in [2.05, 4.69) is 74.6 Å². The third-order valence-electron chi connectivity index (χ3n) is 8.87. The molecule has 0 unspecified atom stereocenters. The first-order valence-corrected chi connectivity index (χ1v) is 18.7. The molecule has 5 rings (SSSR count). The third kappa shape index (κ3) is 9.04. The lowest BCUT2D eigenvalue weighted by Crippen LogP contribution is -2.67. The number of rotatable bonds is 12. The van der Waals surface area contributed by atoms with Gasteiger partial charge in [-0.3, -0.25) is 4.79 Å². The highest BCUT2D eigenvalue weighted by Crippen LogP contribution is 2.38. The van der Waals surface area contributed by atoms with E-state index in [1.54, 1.807) is 0 Å². The fourth-order valence-corrected chi connectivity index (χ4v) is 11.1. The molecule has 1 N–H and O–H groups in total. The van der Waals surface area contributed by atoms with Crippen molar-refractivity contribution >= 4 is 30.8 Å². The molecule has 5 atom stereocenters. The van der Waals surface area contributed by atoms with Crippen molar-refractivity contribution in [3.8, 4) is 0 Å². The van der Waals surface area contributed by atoms with E-state index in [9.17, 15) is 9.59 Å². The third-order valence-corrected chi connectivity index (χ3v) is 13.9. The summed E-state index contributed by atoms with van der Waals surface area (Å²) in [6.07, 6.45) is -2.92. The second-order valence-electron chi connectivity index (χ2n) is 13.4. The van der Waals surface area contributed by atoms with Crippen LogP contribution in [0.2, 0.25) is 5.04 Å². The molecule has 0 aromatic heterocycles. The Labute approximate surface area is 290 Å². The van der Waals surface area contributed by atoms with Gasteiger partial charge in [0.1, 0.15) is 18.8 Å². The van der Waals surface area contributed by atoms with Crippen LogP contribution in [0.4, 0.5) is 4.79 Å². The predicted octanol–water partition coefficient (Wildman–Crippen LogP) is 6.68. The zero-order chi connectivity index (χ0) is 34.9. The molecule has 1 heterocycles. The number of hydrogen-bond donors (Lipinski definition) is 1. The van der Waals surface area contributed by atoms with Gasteiger partial charge in [0.25, 0.3) is 8.32 Å². The summed E-state index contributed by atoms with van der Waals surface area (Å²) in [5.41, 5.74) is 1.80. The fraction of sp³-hybridized carbons (Fsp3) is 0.350. The van der Waals surface area contributed by atoms with Gasteiger partial charge in [-0.15, -0.1) is 0 Å². The van der Waals surface area contributed by atoms with Gasteiger partial charge in [-0.25, -0.2) is 4.79 Å². The molecule has 0 radical (unpaired) electrons. The Morgan fingerprint density at radius 3 is 1.90 bits per heavy atom. The molecular formula is C40H47NO7Si. The van der Waals surface area contributed by atoms with E-state index >= 15 is 0 Å². The van der Waals surface area contributed by atoms with E-state index in [0.29, 0.717) is 0 Å². The monoisotopic (exact) mass is 681 g/mol. The first-order valence-electron chi connectivity index (χ1n) is 16.8. The molecule has 0 aliphatic carbocycles. The molecule has 0 spiro atoms. The van der Waals surface area contributed by atoms with Gasteiger partial charge in [0.05, 0.1) is 18.8 Å². The number of carbonyl (C=O) groups excluding carboxylic acids is 2. The summed E-state index contributed by atoms with van der Waals surface area (Å²) < 4.78 is 31.6. The number of nitrogens with one attached hydrogen (secondary N) is 1. The maximum atomic E-state index is 12.8. The molecular weight excluding hydrogens is 635 g/mol. The molecule has 8 nitrogen and oxygen atoms in total. The topological polar surface area (TPSA) is 92.3 Å². The normalized spacial score (nSPS) is 20.2. The highest BCUT2D eigenvalue weighted by molar-refractivity contribution is 6.99. The molecule has 1 aliphatic heterocycles. The van der Waals surface area contributed by atoms with Crippen LogP contribution in [0.3, 0.4) is 0 Å². The van der Waals surface area contributed by atoms with Gasteiger partial charge in [-0.1, -0.05) is 142 Å². The van der Waals surface area contributed by atoms with Crippen LogP contribution in [0.25, 0.3) is 0 Å². The van der Waals surface area contributed by atoms with Crippen LogP contribution in [0, 0.1) is 0 Å². The van der Waals surface area contributed by atoms with E-state index in [4.69, 9.17) is 23.4 Å². The number of ether oxygens (including phenoxy) is 4. The number of benzene rings is 4. The Kier molecular flexibility index (Phi) is 12.1. The van der Waals surface area contributed by atoms with Gasteiger partial charge in [0.2, 0.25) is 0 Å². The molecule has 1 saturated heterocycles. The zero-order valence-electron chi connectivity index (χ0n) is 28.9. The minimum Gasteiger partial charge on any atom is -0.460 e. The van der Waals surface area contributed by atoms with Gasteiger partial charge in [0.15, 0.2) is 6.29 Å². The van der Waals surface area contributed by atoms with Crippen molar-refractivity contribution in [1.29, 1.82) is 0 Å². The number of esters is 1. The first kappa shape index (κ1) is 36.0. The minimum atomic E-state index is -2.87. The number of hydrogen-bond acceptors (Lipinski definition) is 7. The van der Waals surface area contributed by atoms with Crippen molar-refractivity contribution < 1.29 is 33.0 Å². The zero-order valence-corrected chi connectivity index (χ0v) is 29.9. The second kappa shape index (κ2) is 16.4. The molecule has 0 bridgehead atoms. The molecule has 1 aliphatic rings. The summed E-state index contributed by atoms with van der Waals surface area (Å²) in [6, 6.07) is 39.7. The van der Waals surface area contributed by atoms with Crippen molar-refractivity contribution in [3.05, 3.63) is 132 Å². The molecule has 4 aromatic carbocycles. The maximum absolute atomic E-state index is 12.8. The Balaban J connectivity index is 1.37. The summed E-state index contributed by atoms with van der Waals surface area (Å²) in [7, 11) is -2.87. The SMILES string of the molecule is CC(=O)O[C@H]1C[C@H](O[C@@H](CO[Si](c2ccccc2)(c2ccccc2)C(C)(C)C)c2ccccc2)O[C@@H](C)[C@H]1NC(=O)OCc1ccccc1. The summed E-state index contributed by atoms with van der Waals surface area (Å²) >= 11 is 0. The smallest absolute Gasteiger partial charge is 0.407 e. The van der Waals surface area contributed by atoms with Crippen LogP contribution in [0.15, 0.2) is 121 Å². The standard InChI is InChI=1S/C40H47NO7Si/c1-29-38(41-39(43)44-27-31-18-10-6-11-19-31)35(47-30(2)42)26-37(46-29)48-36(32-20-12-7-13-21-32)28-45-49(40(3,4)5,33-22-14-8-15-23-33)34-24-16-9-17-25-34/h6-25,29,35-38H,26-28H2,1-5H3,(H,41,43)/t29-,35-,36-,37-,38+/m0/s1. The Bertz CT molecular complexity index is 1580. The van der Waals surface area contributed by atoms with Crippen molar-refractivity contribution in [3.63, 3.8) is 0 Å². The first-order chi connectivity index (χ1) is 23.6. The average molecular weight is 682 g/mol. The van der Waals surface area contributed by atoms with Crippen molar-refractivity contribution in [2.24, 2.45) is 0 Å². The maximum Gasteiger partial charge on any atom is 0.407 e. The van der Waals surface area contributed by atoms with E-state index in [-0.39, 0.29) is 24.7 Å². The molecule has 0 saturated carbocycles. The number of alkyl carbamates (subject to hydrolysis) is 1. The molecule has 1 amide bonds. The van der Waals surface area contributed by atoms with Gasteiger partial charge >= 0.3 is 12.1 Å².